The Balaban J connectivity index is 1.73. The molecule has 6 nitrogen and oxygen atoms in total. The minimum absolute atomic E-state index is 0.126. The number of nitrogens with zero attached hydrogens (tertiary/aromatic N) is 3. The molecule has 3 rings (SSSR count). The molecule has 24 heavy (non-hydrogen) atoms. The van der Waals surface area contributed by atoms with Crippen molar-refractivity contribution in [3.63, 3.8) is 0 Å². The Kier molecular flexibility index (Phi) is 4.00. The number of hydrogen-bond acceptors (Lipinski definition) is 3. The van der Waals surface area contributed by atoms with Crippen LogP contribution in [0.25, 0.3) is 11.0 Å². The molecule has 0 saturated carbocycles. The van der Waals surface area contributed by atoms with Crippen LogP contribution in [0, 0.1) is 6.92 Å². The number of carbonyl (C=O) groups excluding carboxylic acids is 1. The monoisotopic (exact) mass is 337 g/mol. The van der Waals surface area contributed by atoms with Crippen molar-refractivity contribution in [2.24, 2.45) is 0 Å². The third-order valence-corrected chi connectivity index (χ3v) is 3.35. The molecule has 3 heterocycles. The van der Waals surface area contributed by atoms with Crippen molar-refractivity contribution in [3.8, 4) is 0 Å². The lowest BCUT2D eigenvalue weighted by Gasteiger charge is -2.10. The van der Waals surface area contributed by atoms with Crippen LogP contribution in [0.15, 0.2) is 30.5 Å². The molecule has 3 aromatic rings. The fourth-order valence-electron chi connectivity index (χ4n) is 2.39. The molecule has 0 radical (unpaired) electrons. The lowest BCUT2D eigenvalue weighted by Crippen LogP contribution is -2.28. The topological polar surface area (TPSA) is 75.6 Å². The van der Waals surface area contributed by atoms with Gasteiger partial charge in [-0.15, -0.1) is 0 Å². The summed E-state index contributed by atoms with van der Waals surface area (Å²) in [4.78, 5) is 19.4. The second-order valence-electron chi connectivity index (χ2n) is 5.36. The number of rotatable bonds is 4. The molecule has 0 aliphatic carbocycles. The number of halogens is 3. The molecule has 126 valence electrons. The van der Waals surface area contributed by atoms with Gasteiger partial charge < -0.3 is 10.3 Å². The SMILES string of the molecule is Cc1cc(C(=O)NCc2cc3ncccc3[nH]2)n(CC(F)(F)F)n1. The Morgan fingerprint density at radius 3 is 2.88 bits per heavy atom. The number of alkyl halides is 3. The van der Waals surface area contributed by atoms with Gasteiger partial charge in [0.15, 0.2) is 0 Å². The van der Waals surface area contributed by atoms with E-state index in [9.17, 15) is 18.0 Å². The standard InChI is InChI=1S/C15H14F3N5O/c1-9-5-13(23(22-9)8-15(16,17)18)14(24)20-7-10-6-12-11(21-10)3-2-4-19-12/h2-6,21H,7-8H2,1H3,(H,20,24). The number of aromatic nitrogens is 4. The molecule has 0 unspecified atom stereocenters. The van der Waals surface area contributed by atoms with Gasteiger partial charge in [-0.2, -0.15) is 18.3 Å². The number of amides is 1. The number of aromatic amines is 1. The largest absolute Gasteiger partial charge is 0.408 e. The summed E-state index contributed by atoms with van der Waals surface area (Å²) in [6.07, 6.45) is -2.80. The van der Waals surface area contributed by atoms with E-state index >= 15 is 0 Å². The number of aryl methyl sites for hydroxylation is 1. The van der Waals surface area contributed by atoms with Crippen LogP contribution in [0.2, 0.25) is 0 Å². The first-order valence-corrected chi connectivity index (χ1v) is 7.14. The van der Waals surface area contributed by atoms with Crippen molar-refractivity contribution in [1.82, 2.24) is 25.1 Å². The highest BCUT2D eigenvalue weighted by atomic mass is 19.4. The number of H-pyrrole nitrogens is 1. The summed E-state index contributed by atoms with van der Waals surface area (Å²) in [6.45, 7) is 0.373. The van der Waals surface area contributed by atoms with E-state index < -0.39 is 18.6 Å². The van der Waals surface area contributed by atoms with Gasteiger partial charge in [-0.05, 0) is 31.2 Å². The van der Waals surface area contributed by atoms with Crippen molar-refractivity contribution in [2.45, 2.75) is 26.2 Å². The van der Waals surface area contributed by atoms with E-state index in [0.717, 1.165) is 11.0 Å². The lowest BCUT2D eigenvalue weighted by molar-refractivity contribution is -0.142. The van der Waals surface area contributed by atoms with Gasteiger partial charge in [0.1, 0.15) is 12.2 Å². The van der Waals surface area contributed by atoms with Crippen LogP contribution < -0.4 is 5.32 Å². The van der Waals surface area contributed by atoms with Gasteiger partial charge in [-0.1, -0.05) is 0 Å². The summed E-state index contributed by atoms with van der Waals surface area (Å²) in [6, 6.07) is 6.72. The zero-order valence-electron chi connectivity index (χ0n) is 12.7. The number of fused-ring (bicyclic) bond motifs is 1. The fraction of sp³-hybridized carbons (Fsp3) is 0.267. The summed E-state index contributed by atoms with van der Waals surface area (Å²) in [7, 11) is 0. The molecule has 0 fully saturated rings. The van der Waals surface area contributed by atoms with Crippen LogP contribution in [0.5, 0.6) is 0 Å². The van der Waals surface area contributed by atoms with Crippen LogP contribution in [-0.2, 0) is 13.1 Å². The Morgan fingerprint density at radius 2 is 2.17 bits per heavy atom. The molecule has 3 aromatic heterocycles. The normalized spacial score (nSPS) is 11.8. The van der Waals surface area contributed by atoms with Crippen LogP contribution in [0.3, 0.4) is 0 Å². The zero-order valence-corrected chi connectivity index (χ0v) is 12.7. The smallest absolute Gasteiger partial charge is 0.356 e. The van der Waals surface area contributed by atoms with E-state index in [1.807, 2.05) is 6.07 Å². The van der Waals surface area contributed by atoms with Crippen LogP contribution in [0.1, 0.15) is 21.9 Å². The fourth-order valence-corrected chi connectivity index (χ4v) is 2.39. The van der Waals surface area contributed by atoms with Crippen molar-refractivity contribution >= 4 is 16.9 Å². The van der Waals surface area contributed by atoms with Gasteiger partial charge in [0.05, 0.1) is 23.3 Å². The summed E-state index contributed by atoms with van der Waals surface area (Å²) >= 11 is 0. The molecule has 9 heteroatoms. The van der Waals surface area contributed by atoms with Gasteiger partial charge in [0.2, 0.25) is 0 Å². The first-order chi connectivity index (χ1) is 11.3. The molecule has 0 aliphatic heterocycles. The highest BCUT2D eigenvalue weighted by Crippen LogP contribution is 2.19. The second-order valence-corrected chi connectivity index (χ2v) is 5.36. The van der Waals surface area contributed by atoms with Crippen molar-refractivity contribution in [3.05, 3.63) is 47.5 Å². The maximum absolute atomic E-state index is 12.6. The predicted octanol–water partition coefficient (Wildman–Crippen LogP) is 2.56. The predicted molar refractivity (Wildman–Crippen MR) is 80.3 cm³/mol. The maximum Gasteiger partial charge on any atom is 0.408 e. The average Bonchev–Trinajstić information content (AvgIpc) is 3.06. The third-order valence-electron chi connectivity index (χ3n) is 3.35. The van der Waals surface area contributed by atoms with E-state index in [2.05, 4.69) is 20.4 Å². The van der Waals surface area contributed by atoms with Crippen molar-refractivity contribution < 1.29 is 18.0 Å². The number of nitrogens with one attached hydrogen (secondary N) is 2. The quantitative estimate of drug-likeness (QED) is 0.768. The number of pyridine rings is 1. The van der Waals surface area contributed by atoms with E-state index in [-0.39, 0.29) is 12.2 Å². The minimum Gasteiger partial charge on any atom is -0.356 e. The maximum atomic E-state index is 12.6. The van der Waals surface area contributed by atoms with E-state index in [4.69, 9.17) is 0 Å². The molecule has 0 saturated heterocycles. The Labute approximate surface area is 134 Å². The Hall–Kier alpha value is -2.84. The van der Waals surface area contributed by atoms with Gasteiger partial charge in [-0.25, -0.2) is 0 Å². The molecule has 2 N–H and O–H groups in total. The van der Waals surface area contributed by atoms with Crippen LogP contribution in [0.4, 0.5) is 13.2 Å². The molecule has 1 amide bonds. The highest BCUT2D eigenvalue weighted by molar-refractivity contribution is 5.92. The first-order valence-electron chi connectivity index (χ1n) is 7.14. The number of carbonyl (C=O) groups is 1. The molecule has 0 atom stereocenters. The van der Waals surface area contributed by atoms with Crippen molar-refractivity contribution in [1.29, 1.82) is 0 Å². The number of hydrogen-bond donors (Lipinski definition) is 2. The minimum atomic E-state index is -4.45. The average molecular weight is 337 g/mol. The second kappa shape index (κ2) is 5.99. The van der Waals surface area contributed by atoms with Crippen molar-refractivity contribution in [2.75, 3.05) is 0 Å². The zero-order chi connectivity index (χ0) is 17.3. The summed E-state index contributed by atoms with van der Waals surface area (Å²) < 4.78 is 38.3. The third kappa shape index (κ3) is 3.55. The van der Waals surface area contributed by atoms with E-state index in [1.165, 1.54) is 13.0 Å². The lowest BCUT2D eigenvalue weighted by atomic mass is 10.3. The molecular formula is C15H14F3N5O. The molecule has 0 bridgehead atoms. The van der Waals surface area contributed by atoms with Crippen LogP contribution >= 0.6 is 0 Å². The van der Waals surface area contributed by atoms with E-state index in [0.29, 0.717) is 16.1 Å². The molecule has 0 spiro atoms. The highest BCUT2D eigenvalue weighted by Gasteiger charge is 2.30. The molecular weight excluding hydrogens is 323 g/mol. The van der Waals surface area contributed by atoms with Crippen LogP contribution in [-0.4, -0.2) is 31.8 Å². The van der Waals surface area contributed by atoms with E-state index in [1.54, 1.807) is 18.3 Å². The molecule has 0 aliphatic rings. The summed E-state index contributed by atoms with van der Waals surface area (Å²) in [5.41, 5.74) is 2.49. The van der Waals surface area contributed by atoms with Gasteiger partial charge in [0.25, 0.3) is 5.91 Å². The Bertz CT molecular complexity index is 848. The Morgan fingerprint density at radius 1 is 1.38 bits per heavy atom. The molecule has 0 aromatic carbocycles. The first kappa shape index (κ1) is 16.0. The van der Waals surface area contributed by atoms with Gasteiger partial charge >= 0.3 is 6.18 Å². The summed E-state index contributed by atoms with van der Waals surface area (Å²) in [5, 5.41) is 6.31. The van der Waals surface area contributed by atoms with Gasteiger partial charge in [0, 0.05) is 11.9 Å². The van der Waals surface area contributed by atoms with Gasteiger partial charge in [-0.3, -0.25) is 14.5 Å². The summed E-state index contributed by atoms with van der Waals surface area (Å²) in [5.74, 6) is -0.619.